The Kier molecular flexibility index (Phi) is 2.75. The summed E-state index contributed by atoms with van der Waals surface area (Å²) in [5, 5.41) is 0. The summed E-state index contributed by atoms with van der Waals surface area (Å²) < 4.78 is 38.0. The van der Waals surface area contributed by atoms with E-state index < -0.39 is 11.7 Å². The van der Waals surface area contributed by atoms with Crippen LogP contribution in [0, 0.1) is 5.92 Å². The standard InChI is InChI=1S/C10H12F3N3/c11-10(12,13)8-2-1-3-15-9(8)16-5-7(4-14)6-16/h1-3,7H,4-6,14H2. The maximum absolute atomic E-state index is 12.7. The monoisotopic (exact) mass is 231 g/mol. The van der Waals surface area contributed by atoms with Gasteiger partial charge in [0.15, 0.2) is 0 Å². The van der Waals surface area contributed by atoms with Gasteiger partial charge in [0.05, 0.1) is 5.56 Å². The Balaban J connectivity index is 2.22. The van der Waals surface area contributed by atoms with Gasteiger partial charge in [0, 0.05) is 25.2 Å². The molecule has 0 saturated carbocycles. The molecule has 0 radical (unpaired) electrons. The second-order valence-corrected chi connectivity index (χ2v) is 3.88. The molecule has 88 valence electrons. The number of nitrogens with zero attached hydrogens (tertiary/aromatic N) is 2. The van der Waals surface area contributed by atoms with Crippen molar-refractivity contribution in [1.82, 2.24) is 4.98 Å². The molecule has 0 aromatic carbocycles. The van der Waals surface area contributed by atoms with Crippen molar-refractivity contribution in [3.05, 3.63) is 23.9 Å². The Morgan fingerprint density at radius 3 is 2.69 bits per heavy atom. The fourth-order valence-electron chi connectivity index (χ4n) is 1.76. The third-order valence-corrected chi connectivity index (χ3v) is 2.68. The Hall–Kier alpha value is -1.30. The maximum atomic E-state index is 12.7. The summed E-state index contributed by atoms with van der Waals surface area (Å²) >= 11 is 0. The molecule has 1 aliphatic heterocycles. The van der Waals surface area contributed by atoms with E-state index in [4.69, 9.17) is 5.73 Å². The van der Waals surface area contributed by atoms with E-state index >= 15 is 0 Å². The lowest BCUT2D eigenvalue weighted by Gasteiger charge is -2.40. The molecule has 0 unspecified atom stereocenters. The van der Waals surface area contributed by atoms with Crippen molar-refractivity contribution in [3.63, 3.8) is 0 Å². The van der Waals surface area contributed by atoms with Gasteiger partial charge in [0.1, 0.15) is 5.82 Å². The van der Waals surface area contributed by atoms with Crippen LogP contribution in [0.25, 0.3) is 0 Å². The van der Waals surface area contributed by atoms with Crippen LogP contribution in [0.5, 0.6) is 0 Å². The van der Waals surface area contributed by atoms with Gasteiger partial charge in [0.25, 0.3) is 0 Å². The van der Waals surface area contributed by atoms with Gasteiger partial charge in [-0.3, -0.25) is 0 Å². The van der Waals surface area contributed by atoms with Crippen molar-refractivity contribution in [2.45, 2.75) is 6.18 Å². The summed E-state index contributed by atoms with van der Waals surface area (Å²) in [5.74, 6) is 0.294. The molecule has 6 heteroatoms. The minimum absolute atomic E-state index is 0.0136. The van der Waals surface area contributed by atoms with Crippen LogP contribution in [-0.4, -0.2) is 24.6 Å². The van der Waals surface area contributed by atoms with E-state index in [1.807, 2.05) is 0 Å². The first-order chi connectivity index (χ1) is 7.52. The third kappa shape index (κ3) is 1.97. The van der Waals surface area contributed by atoms with E-state index in [1.54, 1.807) is 4.90 Å². The lowest BCUT2D eigenvalue weighted by molar-refractivity contribution is -0.137. The first-order valence-electron chi connectivity index (χ1n) is 4.99. The molecule has 1 fully saturated rings. The highest BCUT2D eigenvalue weighted by Gasteiger charge is 2.38. The Labute approximate surface area is 91.1 Å². The molecule has 1 aromatic heterocycles. The topological polar surface area (TPSA) is 42.1 Å². The van der Waals surface area contributed by atoms with Crippen LogP contribution in [0.15, 0.2) is 18.3 Å². The second-order valence-electron chi connectivity index (χ2n) is 3.88. The van der Waals surface area contributed by atoms with Crippen LogP contribution in [-0.2, 0) is 6.18 Å². The van der Waals surface area contributed by atoms with Crippen LogP contribution >= 0.6 is 0 Å². The van der Waals surface area contributed by atoms with Gasteiger partial charge >= 0.3 is 6.18 Å². The molecule has 0 spiro atoms. The van der Waals surface area contributed by atoms with E-state index in [2.05, 4.69) is 4.98 Å². The molecule has 2 rings (SSSR count). The number of hydrogen-bond donors (Lipinski definition) is 1. The summed E-state index contributed by atoms with van der Waals surface area (Å²) in [6.07, 6.45) is -2.97. The van der Waals surface area contributed by atoms with Crippen LogP contribution in [0.1, 0.15) is 5.56 Å². The molecule has 1 aliphatic rings. The summed E-state index contributed by atoms with van der Waals surface area (Å²) in [7, 11) is 0. The summed E-state index contributed by atoms with van der Waals surface area (Å²) in [5.41, 5.74) is 4.75. The Bertz CT molecular complexity index is 372. The van der Waals surface area contributed by atoms with Gasteiger partial charge in [-0.1, -0.05) is 0 Å². The van der Waals surface area contributed by atoms with E-state index in [9.17, 15) is 13.2 Å². The Morgan fingerprint density at radius 1 is 1.44 bits per heavy atom. The van der Waals surface area contributed by atoms with Crippen molar-refractivity contribution >= 4 is 5.82 Å². The molecule has 1 saturated heterocycles. The van der Waals surface area contributed by atoms with Crippen molar-refractivity contribution in [1.29, 1.82) is 0 Å². The average molecular weight is 231 g/mol. The summed E-state index contributed by atoms with van der Waals surface area (Å²) in [4.78, 5) is 5.41. The number of rotatable bonds is 2. The quantitative estimate of drug-likeness (QED) is 0.838. The first kappa shape index (κ1) is 11.2. The van der Waals surface area contributed by atoms with Crippen molar-refractivity contribution in [2.24, 2.45) is 11.7 Å². The number of nitrogens with two attached hydrogens (primary N) is 1. The number of pyridine rings is 1. The van der Waals surface area contributed by atoms with Gasteiger partial charge in [-0.05, 0) is 18.7 Å². The predicted molar refractivity (Wildman–Crippen MR) is 54.0 cm³/mol. The average Bonchev–Trinajstić information content (AvgIpc) is 2.15. The fourth-order valence-corrected chi connectivity index (χ4v) is 1.76. The SMILES string of the molecule is NCC1CN(c2ncccc2C(F)(F)F)C1. The highest BCUT2D eigenvalue weighted by molar-refractivity contribution is 5.50. The number of anilines is 1. The number of aromatic nitrogens is 1. The summed E-state index contributed by atoms with van der Waals surface area (Å²) in [6.45, 7) is 1.61. The minimum atomic E-state index is -4.35. The number of hydrogen-bond acceptors (Lipinski definition) is 3. The molecule has 1 aromatic rings. The third-order valence-electron chi connectivity index (χ3n) is 2.68. The maximum Gasteiger partial charge on any atom is 0.419 e. The zero-order valence-electron chi connectivity index (χ0n) is 8.54. The molecule has 2 N–H and O–H groups in total. The molecule has 0 bridgehead atoms. The predicted octanol–water partition coefficient (Wildman–Crippen LogP) is 1.50. The molecule has 0 amide bonds. The lowest BCUT2D eigenvalue weighted by atomic mass is 10.00. The smallest absolute Gasteiger partial charge is 0.355 e. The van der Waals surface area contributed by atoms with Gasteiger partial charge in [-0.25, -0.2) is 4.98 Å². The lowest BCUT2D eigenvalue weighted by Crippen LogP contribution is -2.50. The fraction of sp³-hybridized carbons (Fsp3) is 0.500. The normalized spacial score (nSPS) is 17.4. The van der Waals surface area contributed by atoms with Gasteiger partial charge in [0.2, 0.25) is 0 Å². The number of alkyl halides is 3. The van der Waals surface area contributed by atoms with Gasteiger partial charge < -0.3 is 10.6 Å². The van der Waals surface area contributed by atoms with Crippen LogP contribution in [0.2, 0.25) is 0 Å². The molecular formula is C10H12F3N3. The van der Waals surface area contributed by atoms with Crippen LogP contribution in [0.3, 0.4) is 0 Å². The molecule has 16 heavy (non-hydrogen) atoms. The molecule has 0 atom stereocenters. The summed E-state index contributed by atoms with van der Waals surface area (Å²) in [6, 6.07) is 2.35. The van der Waals surface area contributed by atoms with E-state index in [0.717, 1.165) is 6.07 Å². The first-order valence-corrected chi connectivity index (χ1v) is 4.99. The van der Waals surface area contributed by atoms with E-state index in [0.29, 0.717) is 19.6 Å². The molecule has 3 nitrogen and oxygen atoms in total. The van der Waals surface area contributed by atoms with E-state index in [1.165, 1.54) is 12.3 Å². The Morgan fingerprint density at radius 2 is 2.12 bits per heavy atom. The van der Waals surface area contributed by atoms with Crippen LogP contribution < -0.4 is 10.6 Å². The van der Waals surface area contributed by atoms with Crippen molar-refractivity contribution < 1.29 is 13.2 Å². The van der Waals surface area contributed by atoms with Gasteiger partial charge in [-0.2, -0.15) is 13.2 Å². The van der Waals surface area contributed by atoms with Crippen molar-refractivity contribution in [2.75, 3.05) is 24.5 Å². The highest BCUT2D eigenvalue weighted by Crippen LogP contribution is 2.37. The highest BCUT2D eigenvalue weighted by atomic mass is 19.4. The zero-order chi connectivity index (χ0) is 11.8. The number of halogens is 3. The largest absolute Gasteiger partial charge is 0.419 e. The molecule has 2 heterocycles. The van der Waals surface area contributed by atoms with Gasteiger partial charge in [-0.15, -0.1) is 0 Å². The van der Waals surface area contributed by atoms with E-state index in [-0.39, 0.29) is 11.7 Å². The molecule has 0 aliphatic carbocycles. The van der Waals surface area contributed by atoms with Crippen molar-refractivity contribution in [3.8, 4) is 0 Å². The minimum Gasteiger partial charge on any atom is -0.355 e. The molecular weight excluding hydrogens is 219 g/mol. The van der Waals surface area contributed by atoms with Crippen LogP contribution in [0.4, 0.5) is 19.0 Å². The zero-order valence-corrected chi connectivity index (χ0v) is 8.54. The second kappa shape index (κ2) is 3.93.